The van der Waals surface area contributed by atoms with Gasteiger partial charge in [-0.15, -0.1) is 0 Å². The number of halogens is 1. The van der Waals surface area contributed by atoms with Crippen molar-refractivity contribution >= 4 is 17.5 Å². The Morgan fingerprint density at radius 1 is 1.04 bits per heavy atom. The van der Waals surface area contributed by atoms with E-state index in [4.69, 9.17) is 21.4 Å². The summed E-state index contributed by atoms with van der Waals surface area (Å²) in [4.78, 5) is 19.3. The van der Waals surface area contributed by atoms with Gasteiger partial charge in [0.2, 0.25) is 5.91 Å². The molecule has 53 heavy (non-hydrogen) atoms. The quantitative estimate of drug-likeness (QED) is 0.0832. The number of ether oxygens (including phenoxy) is 1. The van der Waals surface area contributed by atoms with Crippen molar-refractivity contribution in [2.45, 2.75) is 114 Å². The van der Waals surface area contributed by atoms with Crippen molar-refractivity contribution in [1.82, 2.24) is 15.2 Å². The number of hydrogen-bond donors (Lipinski definition) is 7. The van der Waals surface area contributed by atoms with Crippen LogP contribution in [0.4, 0.5) is 0 Å². The highest BCUT2D eigenvalue weighted by Gasteiger charge is 2.46. The number of aliphatic hydroxyl groups is 6. The molecule has 2 saturated carbocycles. The van der Waals surface area contributed by atoms with Crippen molar-refractivity contribution in [3.63, 3.8) is 0 Å². The van der Waals surface area contributed by atoms with Crippen LogP contribution in [0.3, 0.4) is 0 Å². The van der Waals surface area contributed by atoms with Gasteiger partial charge in [-0.05, 0) is 84.9 Å². The van der Waals surface area contributed by atoms with E-state index >= 15 is 0 Å². The molecule has 1 aromatic heterocycles. The van der Waals surface area contributed by atoms with Crippen LogP contribution in [0.1, 0.15) is 88.3 Å². The first-order chi connectivity index (χ1) is 25.3. The monoisotopic (exact) mass is 753 g/mol. The van der Waals surface area contributed by atoms with Crippen LogP contribution in [0, 0.1) is 5.41 Å². The van der Waals surface area contributed by atoms with Crippen LogP contribution in [0.15, 0.2) is 60.9 Å². The van der Waals surface area contributed by atoms with Gasteiger partial charge in [0.05, 0.1) is 12.7 Å². The number of pyridine rings is 1. The largest absolute Gasteiger partial charge is 0.490 e. The summed E-state index contributed by atoms with van der Waals surface area (Å²) in [5.41, 5.74) is 4.52. The van der Waals surface area contributed by atoms with Gasteiger partial charge < -0.3 is 45.6 Å². The van der Waals surface area contributed by atoms with E-state index < -0.39 is 36.4 Å². The molecule has 0 bridgehead atoms. The molecule has 2 aromatic carbocycles. The lowest BCUT2D eigenvalue weighted by atomic mass is 9.92. The van der Waals surface area contributed by atoms with Crippen LogP contribution in [0.2, 0.25) is 5.02 Å². The molecular formula is C41H56ClN3O8. The normalized spacial score (nSPS) is 18.2. The van der Waals surface area contributed by atoms with Gasteiger partial charge in [0.15, 0.2) is 0 Å². The average Bonchev–Trinajstić information content (AvgIpc) is 4.11. The SMILES string of the molecule is CC(CCCC(=O)N(CC(O)C(O)C(O)C(O)CO)CC(C)(C)CO)c1ccc(Cl)c(CNC2(c3cnccc3-c3ccccc3OC3CC3)CC2)c1. The van der Waals surface area contributed by atoms with Crippen molar-refractivity contribution in [1.29, 1.82) is 0 Å². The minimum Gasteiger partial charge on any atom is -0.490 e. The van der Waals surface area contributed by atoms with Gasteiger partial charge in [-0.1, -0.05) is 62.7 Å². The number of benzene rings is 2. The predicted octanol–water partition coefficient (Wildman–Crippen LogP) is 4.28. The van der Waals surface area contributed by atoms with Crippen LogP contribution in [-0.4, -0.2) is 103 Å². The van der Waals surface area contributed by atoms with Crippen LogP contribution in [0.25, 0.3) is 11.1 Å². The number of aromatic nitrogens is 1. The molecule has 1 heterocycles. The Hall–Kier alpha value is -3.13. The predicted molar refractivity (Wildman–Crippen MR) is 203 cm³/mol. The summed E-state index contributed by atoms with van der Waals surface area (Å²) in [5.74, 6) is 0.749. The molecule has 1 amide bonds. The Balaban J connectivity index is 1.20. The molecule has 2 fully saturated rings. The van der Waals surface area contributed by atoms with Crippen LogP contribution >= 0.6 is 11.6 Å². The maximum absolute atomic E-state index is 13.4. The van der Waals surface area contributed by atoms with Crippen molar-refractivity contribution in [2.75, 3.05) is 26.3 Å². The number of nitrogens with zero attached hydrogens (tertiary/aromatic N) is 2. The topological polar surface area (TPSA) is 176 Å². The highest BCUT2D eigenvalue weighted by atomic mass is 35.5. The fourth-order valence-corrected chi connectivity index (χ4v) is 6.92. The third kappa shape index (κ3) is 10.8. The van der Waals surface area contributed by atoms with Crippen LogP contribution < -0.4 is 10.1 Å². The second-order valence-corrected chi connectivity index (χ2v) is 16.1. The number of hydrogen-bond acceptors (Lipinski definition) is 10. The van der Waals surface area contributed by atoms with Gasteiger partial charge in [-0.3, -0.25) is 9.78 Å². The standard InChI is InChI=1S/C41H56ClN3O8/c1-26(7-6-10-37(50)45(24-40(2,3)25-47)22-34(48)38(51)39(52)35(49)23-46)27-11-14-33(42)28(19-27)20-44-41(16-17-41)32-21-43-18-15-30(32)31-8-4-5-9-36(31)53-29-12-13-29/h4-5,8-9,11,14-15,18-19,21,26,29,34-35,38-39,44,46-49,51-52H,6-7,10,12-13,16-17,20,22-25H2,1-3H3. The molecule has 5 unspecified atom stereocenters. The van der Waals surface area contributed by atoms with Gasteiger partial charge in [0.1, 0.15) is 30.2 Å². The first-order valence-electron chi connectivity index (χ1n) is 18.7. The van der Waals surface area contributed by atoms with Crippen LogP contribution in [0.5, 0.6) is 5.75 Å². The summed E-state index contributed by atoms with van der Waals surface area (Å²) in [7, 11) is 0. The number of carbonyl (C=O) groups excluding carboxylic acids is 1. The molecule has 290 valence electrons. The van der Waals surface area contributed by atoms with Gasteiger partial charge in [0, 0.05) is 66.6 Å². The Labute approximate surface area is 317 Å². The Morgan fingerprint density at radius 2 is 1.75 bits per heavy atom. The molecule has 5 atom stereocenters. The highest BCUT2D eigenvalue weighted by Crippen LogP contribution is 2.50. The number of nitrogens with one attached hydrogen (secondary N) is 1. The van der Waals surface area contributed by atoms with E-state index in [1.165, 1.54) is 4.90 Å². The molecule has 2 aliphatic carbocycles. The van der Waals surface area contributed by atoms with Gasteiger partial charge >= 0.3 is 0 Å². The van der Waals surface area contributed by atoms with E-state index in [2.05, 4.69) is 35.4 Å². The first kappa shape index (κ1) is 41.0. The van der Waals surface area contributed by atoms with E-state index in [-0.39, 0.29) is 43.5 Å². The van der Waals surface area contributed by atoms with Crippen molar-refractivity contribution in [2.24, 2.45) is 5.41 Å². The molecule has 2 aliphatic rings. The fourth-order valence-electron chi connectivity index (χ4n) is 6.74. The Kier molecular flexibility index (Phi) is 13.9. The molecule has 7 N–H and O–H groups in total. The maximum Gasteiger partial charge on any atom is 0.222 e. The summed E-state index contributed by atoms with van der Waals surface area (Å²) in [6, 6.07) is 16.3. The van der Waals surface area contributed by atoms with Gasteiger partial charge in [-0.2, -0.15) is 0 Å². The van der Waals surface area contributed by atoms with Gasteiger partial charge in [-0.25, -0.2) is 0 Å². The summed E-state index contributed by atoms with van der Waals surface area (Å²) in [6.07, 6.45) is 2.83. The molecule has 0 aliphatic heterocycles. The lowest BCUT2D eigenvalue weighted by Crippen LogP contribution is -2.52. The summed E-state index contributed by atoms with van der Waals surface area (Å²) >= 11 is 6.74. The minimum absolute atomic E-state index is 0.108. The molecular weight excluding hydrogens is 698 g/mol. The molecule has 0 saturated heterocycles. The molecule has 12 heteroatoms. The van der Waals surface area contributed by atoms with E-state index in [0.717, 1.165) is 59.3 Å². The third-order valence-electron chi connectivity index (χ3n) is 10.5. The number of amides is 1. The lowest BCUT2D eigenvalue weighted by Gasteiger charge is -2.35. The van der Waals surface area contributed by atoms with Gasteiger partial charge in [0.25, 0.3) is 0 Å². The zero-order valence-electron chi connectivity index (χ0n) is 31.0. The van der Waals surface area contributed by atoms with E-state index in [0.29, 0.717) is 30.5 Å². The summed E-state index contributed by atoms with van der Waals surface area (Å²) in [5, 5.41) is 64.2. The first-order valence-corrected chi connectivity index (χ1v) is 19.1. The maximum atomic E-state index is 13.4. The van der Waals surface area contributed by atoms with Crippen molar-refractivity contribution in [3.05, 3.63) is 82.6 Å². The fraction of sp³-hybridized carbons (Fsp3) is 0.561. The van der Waals surface area contributed by atoms with Crippen molar-refractivity contribution < 1.29 is 40.2 Å². The van der Waals surface area contributed by atoms with E-state index in [1.54, 1.807) is 13.8 Å². The number of para-hydroxylation sites is 1. The number of carbonyl (C=O) groups is 1. The Morgan fingerprint density at radius 3 is 2.43 bits per heavy atom. The second-order valence-electron chi connectivity index (χ2n) is 15.7. The minimum atomic E-state index is -1.80. The Bertz CT molecular complexity index is 1670. The zero-order chi connectivity index (χ0) is 38.3. The number of aliphatic hydroxyl groups excluding tert-OH is 6. The third-order valence-corrected chi connectivity index (χ3v) is 10.9. The van der Waals surface area contributed by atoms with Crippen molar-refractivity contribution in [3.8, 4) is 16.9 Å². The molecule has 11 nitrogen and oxygen atoms in total. The highest BCUT2D eigenvalue weighted by molar-refractivity contribution is 6.31. The summed E-state index contributed by atoms with van der Waals surface area (Å²) in [6.45, 7) is 5.02. The second kappa shape index (κ2) is 18.0. The van der Waals surface area contributed by atoms with E-state index in [9.17, 15) is 30.3 Å². The smallest absolute Gasteiger partial charge is 0.222 e. The average molecular weight is 754 g/mol. The molecule has 0 spiro atoms. The molecule has 0 radical (unpaired) electrons. The van der Waals surface area contributed by atoms with Crippen LogP contribution in [-0.2, 0) is 16.9 Å². The molecule has 3 aromatic rings. The lowest BCUT2D eigenvalue weighted by molar-refractivity contribution is -0.142. The zero-order valence-corrected chi connectivity index (χ0v) is 31.8. The van der Waals surface area contributed by atoms with E-state index in [1.807, 2.05) is 42.7 Å². The summed E-state index contributed by atoms with van der Waals surface area (Å²) < 4.78 is 6.27. The molecule has 5 rings (SSSR count). The number of rotatable bonds is 21.